The molecule has 2 rings (SSSR count). The summed E-state index contributed by atoms with van der Waals surface area (Å²) in [5, 5.41) is 12.7. The summed E-state index contributed by atoms with van der Waals surface area (Å²) >= 11 is 1.76. The number of aromatic nitrogens is 4. The van der Waals surface area contributed by atoms with Crippen LogP contribution in [0.25, 0.3) is 0 Å². The highest BCUT2D eigenvalue weighted by Gasteiger charge is 2.12. The number of thioether (sulfide) groups is 1. The lowest BCUT2D eigenvalue weighted by Crippen LogP contribution is -2.31. The zero-order valence-electron chi connectivity index (χ0n) is 10.7. The number of piperidine rings is 1. The van der Waals surface area contributed by atoms with Crippen molar-refractivity contribution in [1.82, 2.24) is 25.1 Å². The van der Waals surface area contributed by atoms with Crippen LogP contribution in [-0.2, 0) is 0 Å². The molecule has 5 nitrogen and oxygen atoms in total. The van der Waals surface area contributed by atoms with Gasteiger partial charge in [-0.15, -0.1) is 5.10 Å². The Morgan fingerprint density at radius 1 is 1.24 bits per heavy atom. The van der Waals surface area contributed by atoms with Crippen molar-refractivity contribution in [2.75, 3.05) is 25.4 Å². The fraction of sp³-hybridized carbons (Fsp3) is 0.909. The second kappa shape index (κ2) is 6.35. The van der Waals surface area contributed by atoms with Gasteiger partial charge in [-0.3, -0.25) is 0 Å². The van der Waals surface area contributed by atoms with Crippen LogP contribution in [-0.4, -0.2) is 50.5 Å². The molecule has 0 aromatic carbocycles. The van der Waals surface area contributed by atoms with E-state index in [1.165, 1.54) is 32.4 Å². The third kappa shape index (κ3) is 3.67. The van der Waals surface area contributed by atoms with Crippen LogP contribution in [0, 0.1) is 0 Å². The van der Waals surface area contributed by atoms with E-state index >= 15 is 0 Å². The van der Waals surface area contributed by atoms with E-state index in [0.717, 1.165) is 17.5 Å². The second-order valence-corrected chi connectivity index (χ2v) is 5.81. The lowest BCUT2D eigenvalue weighted by Gasteiger charge is -2.25. The summed E-state index contributed by atoms with van der Waals surface area (Å²) in [5.41, 5.74) is 0. The minimum Gasteiger partial charge on any atom is -0.303 e. The van der Waals surface area contributed by atoms with Crippen molar-refractivity contribution in [2.45, 2.75) is 44.3 Å². The Kier molecular flexibility index (Phi) is 4.79. The van der Waals surface area contributed by atoms with Gasteiger partial charge in [-0.2, -0.15) is 0 Å². The van der Waals surface area contributed by atoms with Gasteiger partial charge in [0, 0.05) is 12.3 Å². The Labute approximate surface area is 107 Å². The van der Waals surface area contributed by atoms with Gasteiger partial charge in [0.25, 0.3) is 0 Å². The van der Waals surface area contributed by atoms with Crippen molar-refractivity contribution < 1.29 is 0 Å². The standard InChI is InChI=1S/C11H21N5S/c1-10(2)16-11(12-13-14-16)17-9-8-15-6-4-3-5-7-15/h10H,3-9H2,1-2H3. The van der Waals surface area contributed by atoms with Crippen LogP contribution in [0.15, 0.2) is 5.16 Å². The topological polar surface area (TPSA) is 46.8 Å². The number of likely N-dealkylation sites (tertiary alicyclic amines) is 1. The van der Waals surface area contributed by atoms with Gasteiger partial charge >= 0.3 is 0 Å². The van der Waals surface area contributed by atoms with Gasteiger partial charge < -0.3 is 4.90 Å². The Morgan fingerprint density at radius 3 is 2.71 bits per heavy atom. The molecule has 0 N–H and O–H groups in total. The average Bonchev–Trinajstić information content (AvgIpc) is 2.79. The van der Waals surface area contributed by atoms with Crippen LogP contribution in [0.4, 0.5) is 0 Å². The van der Waals surface area contributed by atoms with Crippen molar-refractivity contribution >= 4 is 11.8 Å². The van der Waals surface area contributed by atoms with E-state index in [-0.39, 0.29) is 0 Å². The molecule has 2 heterocycles. The molecular formula is C11H21N5S. The summed E-state index contributed by atoms with van der Waals surface area (Å²) in [6, 6.07) is 0.336. The summed E-state index contributed by atoms with van der Waals surface area (Å²) in [6.07, 6.45) is 4.11. The molecule has 1 aliphatic rings. The maximum Gasteiger partial charge on any atom is 0.209 e. The van der Waals surface area contributed by atoms with E-state index in [1.807, 2.05) is 4.68 Å². The number of hydrogen-bond acceptors (Lipinski definition) is 5. The van der Waals surface area contributed by atoms with Crippen LogP contribution < -0.4 is 0 Å². The molecule has 1 fully saturated rings. The van der Waals surface area contributed by atoms with Crippen LogP contribution >= 0.6 is 11.8 Å². The van der Waals surface area contributed by atoms with Crippen molar-refractivity contribution in [3.8, 4) is 0 Å². The number of rotatable bonds is 5. The third-order valence-electron chi connectivity index (χ3n) is 3.04. The summed E-state index contributed by atoms with van der Waals surface area (Å²) < 4.78 is 1.89. The average molecular weight is 255 g/mol. The Morgan fingerprint density at radius 2 is 2.00 bits per heavy atom. The molecule has 1 aliphatic heterocycles. The monoisotopic (exact) mass is 255 g/mol. The molecule has 6 heteroatoms. The van der Waals surface area contributed by atoms with Crippen molar-refractivity contribution in [3.05, 3.63) is 0 Å². The first kappa shape index (κ1) is 12.8. The first-order valence-corrected chi connectivity index (χ1v) is 7.39. The summed E-state index contributed by atoms with van der Waals surface area (Å²) in [4.78, 5) is 2.54. The van der Waals surface area contributed by atoms with Crippen LogP contribution in [0.3, 0.4) is 0 Å². The molecule has 0 bridgehead atoms. The predicted octanol–water partition coefficient (Wildman–Crippen LogP) is 1.83. The maximum atomic E-state index is 4.07. The zero-order chi connectivity index (χ0) is 12.1. The SMILES string of the molecule is CC(C)n1nnnc1SCCN1CCCCC1. The van der Waals surface area contributed by atoms with Gasteiger partial charge in [-0.05, 0) is 50.2 Å². The van der Waals surface area contributed by atoms with E-state index in [2.05, 4.69) is 34.3 Å². The second-order valence-electron chi connectivity index (χ2n) is 4.75. The number of tetrazole rings is 1. The Balaban J connectivity index is 1.75. The van der Waals surface area contributed by atoms with Gasteiger partial charge in [0.2, 0.25) is 5.16 Å². The fourth-order valence-electron chi connectivity index (χ4n) is 2.05. The normalized spacial score (nSPS) is 17.8. The minimum absolute atomic E-state index is 0.336. The molecule has 1 aromatic rings. The number of nitrogens with zero attached hydrogens (tertiary/aromatic N) is 5. The van der Waals surface area contributed by atoms with Gasteiger partial charge in [0.05, 0.1) is 6.04 Å². The van der Waals surface area contributed by atoms with E-state index in [1.54, 1.807) is 11.8 Å². The highest BCUT2D eigenvalue weighted by atomic mass is 32.2. The molecular weight excluding hydrogens is 234 g/mol. The van der Waals surface area contributed by atoms with E-state index in [0.29, 0.717) is 6.04 Å². The lowest BCUT2D eigenvalue weighted by atomic mass is 10.1. The Hall–Kier alpha value is -0.620. The summed E-state index contributed by atoms with van der Waals surface area (Å²) in [5.74, 6) is 1.08. The van der Waals surface area contributed by atoms with Crippen molar-refractivity contribution in [3.63, 3.8) is 0 Å². The summed E-state index contributed by atoms with van der Waals surface area (Å²) in [7, 11) is 0. The molecule has 0 saturated carbocycles. The van der Waals surface area contributed by atoms with Gasteiger partial charge in [-0.25, -0.2) is 4.68 Å². The highest BCUT2D eigenvalue weighted by Crippen LogP contribution is 2.18. The Bertz CT molecular complexity index is 332. The molecule has 0 radical (unpaired) electrons. The molecule has 1 saturated heterocycles. The first-order valence-electron chi connectivity index (χ1n) is 6.40. The van der Waals surface area contributed by atoms with Gasteiger partial charge in [0.1, 0.15) is 0 Å². The van der Waals surface area contributed by atoms with E-state index < -0.39 is 0 Å². The van der Waals surface area contributed by atoms with Crippen LogP contribution in [0.1, 0.15) is 39.2 Å². The zero-order valence-corrected chi connectivity index (χ0v) is 11.5. The first-order chi connectivity index (χ1) is 8.27. The maximum absolute atomic E-state index is 4.07. The summed E-state index contributed by atoms with van der Waals surface area (Å²) in [6.45, 7) is 7.87. The molecule has 0 spiro atoms. The van der Waals surface area contributed by atoms with Crippen LogP contribution in [0.2, 0.25) is 0 Å². The van der Waals surface area contributed by atoms with Crippen molar-refractivity contribution in [2.24, 2.45) is 0 Å². The molecule has 0 amide bonds. The molecule has 96 valence electrons. The van der Waals surface area contributed by atoms with Gasteiger partial charge in [-0.1, -0.05) is 18.2 Å². The predicted molar refractivity (Wildman–Crippen MR) is 69.2 cm³/mol. The largest absolute Gasteiger partial charge is 0.303 e. The molecule has 0 atom stereocenters. The smallest absolute Gasteiger partial charge is 0.209 e. The highest BCUT2D eigenvalue weighted by molar-refractivity contribution is 7.99. The van der Waals surface area contributed by atoms with Gasteiger partial charge in [0.15, 0.2) is 0 Å². The number of hydrogen-bond donors (Lipinski definition) is 0. The fourth-order valence-corrected chi connectivity index (χ4v) is 3.06. The van der Waals surface area contributed by atoms with Crippen LogP contribution in [0.5, 0.6) is 0 Å². The lowest BCUT2D eigenvalue weighted by molar-refractivity contribution is 0.242. The molecule has 0 unspecified atom stereocenters. The molecule has 0 aliphatic carbocycles. The van der Waals surface area contributed by atoms with E-state index in [9.17, 15) is 0 Å². The minimum atomic E-state index is 0.336. The molecule has 17 heavy (non-hydrogen) atoms. The quantitative estimate of drug-likeness (QED) is 0.751. The molecule has 1 aromatic heterocycles. The van der Waals surface area contributed by atoms with E-state index in [4.69, 9.17) is 0 Å². The third-order valence-corrected chi connectivity index (χ3v) is 3.95. The van der Waals surface area contributed by atoms with Crippen molar-refractivity contribution in [1.29, 1.82) is 0 Å².